The number of nitro benzene ring substituents is 1. The molecule has 2 atom stereocenters. The normalized spacial score (nSPS) is 25.1. The SMILES string of the molecule is Cl.O=[N+]([O-])c1ccc(CCN2CCC3CNCC3C2)cc1. The summed E-state index contributed by atoms with van der Waals surface area (Å²) < 4.78 is 0. The van der Waals surface area contributed by atoms with E-state index in [-0.39, 0.29) is 23.0 Å². The molecule has 1 aromatic carbocycles. The van der Waals surface area contributed by atoms with Gasteiger partial charge >= 0.3 is 0 Å². The van der Waals surface area contributed by atoms with Gasteiger partial charge in [0.15, 0.2) is 0 Å². The molecule has 1 N–H and O–H groups in total. The molecular weight excluding hydrogens is 290 g/mol. The number of likely N-dealkylation sites (tertiary alicyclic amines) is 1. The van der Waals surface area contributed by atoms with Crippen LogP contribution < -0.4 is 5.32 Å². The Morgan fingerprint density at radius 3 is 2.67 bits per heavy atom. The van der Waals surface area contributed by atoms with Gasteiger partial charge in [0, 0.05) is 25.2 Å². The summed E-state index contributed by atoms with van der Waals surface area (Å²) in [7, 11) is 0. The Morgan fingerprint density at radius 1 is 1.24 bits per heavy atom. The van der Waals surface area contributed by atoms with Crippen LogP contribution in [0.15, 0.2) is 24.3 Å². The van der Waals surface area contributed by atoms with Crippen molar-refractivity contribution in [1.29, 1.82) is 0 Å². The molecule has 2 aliphatic rings. The van der Waals surface area contributed by atoms with Gasteiger partial charge in [-0.25, -0.2) is 0 Å². The average molecular weight is 312 g/mol. The van der Waals surface area contributed by atoms with Crippen molar-refractivity contribution in [2.24, 2.45) is 11.8 Å². The minimum Gasteiger partial charge on any atom is -0.316 e. The van der Waals surface area contributed by atoms with E-state index in [1.54, 1.807) is 12.1 Å². The van der Waals surface area contributed by atoms with E-state index < -0.39 is 0 Å². The molecule has 3 rings (SSSR count). The molecule has 116 valence electrons. The first-order valence-electron chi connectivity index (χ1n) is 7.39. The standard InChI is InChI=1S/C15H21N3O2.ClH/c19-18(20)15-3-1-12(2-4-15)5-7-17-8-6-13-9-16-10-14(13)11-17;/h1-4,13-14,16H,5-11H2;1H. The summed E-state index contributed by atoms with van der Waals surface area (Å²) in [5.74, 6) is 1.70. The lowest BCUT2D eigenvalue weighted by Gasteiger charge is -2.34. The Morgan fingerprint density at radius 2 is 1.95 bits per heavy atom. The molecule has 1 aromatic rings. The molecule has 6 heteroatoms. The smallest absolute Gasteiger partial charge is 0.269 e. The summed E-state index contributed by atoms with van der Waals surface area (Å²) in [6.07, 6.45) is 2.28. The minimum absolute atomic E-state index is 0. The molecule has 2 heterocycles. The number of nitrogens with zero attached hydrogens (tertiary/aromatic N) is 2. The van der Waals surface area contributed by atoms with Crippen molar-refractivity contribution in [3.63, 3.8) is 0 Å². The monoisotopic (exact) mass is 311 g/mol. The van der Waals surface area contributed by atoms with Gasteiger partial charge in [-0.1, -0.05) is 12.1 Å². The van der Waals surface area contributed by atoms with E-state index in [0.29, 0.717) is 0 Å². The molecule has 2 fully saturated rings. The lowest BCUT2D eigenvalue weighted by atomic mass is 9.88. The van der Waals surface area contributed by atoms with Crippen molar-refractivity contribution in [2.75, 3.05) is 32.7 Å². The van der Waals surface area contributed by atoms with Gasteiger partial charge < -0.3 is 10.2 Å². The predicted octanol–water partition coefficient (Wildman–Crippen LogP) is 2.10. The van der Waals surface area contributed by atoms with Crippen LogP contribution in [0.25, 0.3) is 0 Å². The fourth-order valence-electron chi connectivity index (χ4n) is 3.38. The molecule has 0 bridgehead atoms. The maximum atomic E-state index is 10.6. The Hall–Kier alpha value is -1.17. The van der Waals surface area contributed by atoms with Gasteiger partial charge in [-0.15, -0.1) is 12.4 Å². The lowest BCUT2D eigenvalue weighted by molar-refractivity contribution is -0.384. The third kappa shape index (κ3) is 3.93. The van der Waals surface area contributed by atoms with E-state index >= 15 is 0 Å². The number of halogens is 1. The average Bonchev–Trinajstić information content (AvgIpc) is 2.93. The first-order chi connectivity index (χ1) is 9.72. The number of hydrogen-bond acceptors (Lipinski definition) is 4. The first-order valence-corrected chi connectivity index (χ1v) is 7.39. The van der Waals surface area contributed by atoms with Gasteiger partial charge in [-0.05, 0) is 49.9 Å². The second kappa shape index (κ2) is 7.20. The van der Waals surface area contributed by atoms with Crippen molar-refractivity contribution in [3.05, 3.63) is 39.9 Å². The van der Waals surface area contributed by atoms with Crippen LogP contribution in [0.2, 0.25) is 0 Å². The third-order valence-corrected chi connectivity index (χ3v) is 4.65. The molecule has 0 aromatic heterocycles. The molecule has 0 spiro atoms. The quantitative estimate of drug-likeness (QED) is 0.683. The number of benzene rings is 1. The van der Waals surface area contributed by atoms with Crippen molar-refractivity contribution in [2.45, 2.75) is 12.8 Å². The number of nitrogens with one attached hydrogen (secondary N) is 1. The maximum Gasteiger partial charge on any atom is 0.269 e. The van der Waals surface area contributed by atoms with E-state index in [0.717, 1.165) is 24.8 Å². The van der Waals surface area contributed by atoms with Crippen molar-refractivity contribution in [1.82, 2.24) is 10.2 Å². The van der Waals surface area contributed by atoms with E-state index in [9.17, 15) is 10.1 Å². The molecule has 2 saturated heterocycles. The fraction of sp³-hybridized carbons (Fsp3) is 0.600. The number of hydrogen-bond donors (Lipinski definition) is 1. The number of rotatable bonds is 4. The van der Waals surface area contributed by atoms with E-state index in [2.05, 4.69) is 10.2 Å². The second-order valence-electron chi connectivity index (χ2n) is 5.94. The highest BCUT2D eigenvalue weighted by Gasteiger charge is 2.32. The van der Waals surface area contributed by atoms with Crippen LogP contribution in [0.5, 0.6) is 0 Å². The van der Waals surface area contributed by atoms with Crippen LogP contribution in [0.1, 0.15) is 12.0 Å². The zero-order valence-electron chi connectivity index (χ0n) is 12.0. The van der Waals surface area contributed by atoms with Gasteiger partial charge in [0.25, 0.3) is 5.69 Å². The molecule has 0 saturated carbocycles. The largest absolute Gasteiger partial charge is 0.316 e. The van der Waals surface area contributed by atoms with Crippen LogP contribution in [-0.4, -0.2) is 42.5 Å². The van der Waals surface area contributed by atoms with E-state index in [1.165, 1.54) is 38.2 Å². The molecule has 21 heavy (non-hydrogen) atoms. The lowest BCUT2D eigenvalue weighted by Crippen LogP contribution is -2.40. The molecule has 5 nitrogen and oxygen atoms in total. The van der Waals surface area contributed by atoms with Crippen LogP contribution in [-0.2, 0) is 6.42 Å². The van der Waals surface area contributed by atoms with Gasteiger partial charge in [0.05, 0.1) is 4.92 Å². The highest BCUT2D eigenvalue weighted by Crippen LogP contribution is 2.26. The second-order valence-corrected chi connectivity index (χ2v) is 5.94. The summed E-state index contributed by atoms with van der Waals surface area (Å²) in [5, 5.41) is 14.1. The Bertz CT molecular complexity index is 480. The summed E-state index contributed by atoms with van der Waals surface area (Å²) in [4.78, 5) is 12.8. The molecule has 2 unspecified atom stereocenters. The fourth-order valence-corrected chi connectivity index (χ4v) is 3.38. The first kappa shape index (κ1) is 16.2. The van der Waals surface area contributed by atoms with Crippen molar-refractivity contribution >= 4 is 18.1 Å². The van der Waals surface area contributed by atoms with Crippen molar-refractivity contribution in [3.8, 4) is 0 Å². The molecule has 0 radical (unpaired) electrons. The topological polar surface area (TPSA) is 58.4 Å². The van der Waals surface area contributed by atoms with E-state index in [1.807, 2.05) is 12.1 Å². The zero-order chi connectivity index (χ0) is 13.9. The summed E-state index contributed by atoms with van der Waals surface area (Å²) >= 11 is 0. The van der Waals surface area contributed by atoms with Gasteiger partial charge in [-0.2, -0.15) is 0 Å². The summed E-state index contributed by atoms with van der Waals surface area (Å²) in [5.41, 5.74) is 1.36. The maximum absolute atomic E-state index is 10.6. The summed E-state index contributed by atoms with van der Waals surface area (Å²) in [6.45, 7) is 5.81. The molecular formula is C15H22ClN3O2. The molecule has 0 aliphatic carbocycles. The highest BCUT2D eigenvalue weighted by atomic mass is 35.5. The third-order valence-electron chi connectivity index (χ3n) is 4.65. The van der Waals surface area contributed by atoms with Gasteiger partial charge in [-0.3, -0.25) is 10.1 Å². The van der Waals surface area contributed by atoms with Gasteiger partial charge in [0.1, 0.15) is 0 Å². The van der Waals surface area contributed by atoms with Crippen LogP contribution >= 0.6 is 12.4 Å². The minimum atomic E-state index is -0.346. The zero-order valence-corrected chi connectivity index (χ0v) is 12.8. The molecule has 2 aliphatic heterocycles. The Balaban J connectivity index is 0.00000161. The van der Waals surface area contributed by atoms with Crippen molar-refractivity contribution < 1.29 is 4.92 Å². The van der Waals surface area contributed by atoms with Crippen LogP contribution in [0, 0.1) is 22.0 Å². The number of piperidine rings is 1. The summed E-state index contributed by atoms with van der Waals surface area (Å²) in [6, 6.07) is 6.95. The molecule has 0 amide bonds. The Kier molecular flexibility index (Phi) is 5.56. The van der Waals surface area contributed by atoms with Crippen LogP contribution in [0.4, 0.5) is 5.69 Å². The van der Waals surface area contributed by atoms with E-state index in [4.69, 9.17) is 0 Å². The van der Waals surface area contributed by atoms with Crippen LogP contribution in [0.3, 0.4) is 0 Å². The predicted molar refractivity (Wildman–Crippen MR) is 85.0 cm³/mol. The Labute approximate surface area is 131 Å². The highest BCUT2D eigenvalue weighted by molar-refractivity contribution is 5.85. The number of fused-ring (bicyclic) bond motifs is 1. The van der Waals surface area contributed by atoms with Gasteiger partial charge in [0.2, 0.25) is 0 Å². The number of nitro groups is 1. The number of non-ortho nitro benzene ring substituents is 1.